The summed E-state index contributed by atoms with van der Waals surface area (Å²) in [4.78, 5) is 0. The summed E-state index contributed by atoms with van der Waals surface area (Å²) < 4.78 is 1.93. The Balaban J connectivity index is 1.83. The molecule has 2 N–H and O–H groups in total. The predicted octanol–water partition coefficient (Wildman–Crippen LogP) is 2.24. The summed E-state index contributed by atoms with van der Waals surface area (Å²) in [7, 11) is 0. The zero-order chi connectivity index (χ0) is 11.8. The zero-order valence-electron chi connectivity index (χ0n) is 10.0. The standard InChI is InChI=1S/C14H17N3/c1-2-17-9-11(8-16-17)14(15)13-7-10-5-3-4-6-12(10)13/h3-6,8-9,13-14H,2,7,15H2,1H3. The van der Waals surface area contributed by atoms with Crippen molar-refractivity contribution >= 4 is 0 Å². The van der Waals surface area contributed by atoms with Crippen molar-refractivity contribution in [3.63, 3.8) is 0 Å². The van der Waals surface area contributed by atoms with Crippen molar-refractivity contribution in [2.75, 3.05) is 0 Å². The molecule has 0 bridgehead atoms. The Morgan fingerprint density at radius 1 is 1.47 bits per heavy atom. The van der Waals surface area contributed by atoms with Gasteiger partial charge in [-0.25, -0.2) is 0 Å². The summed E-state index contributed by atoms with van der Waals surface area (Å²) in [6.45, 7) is 2.98. The lowest BCUT2D eigenvalue weighted by Crippen LogP contribution is -2.28. The third-order valence-electron chi connectivity index (χ3n) is 3.69. The van der Waals surface area contributed by atoms with Gasteiger partial charge in [0.2, 0.25) is 0 Å². The van der Waals surface area contributed by atoms with Gasteiger partial charge in [0.25, 0.3) is 0 Å². The monoisotopic (exact) mass is 227 g/mol. The first-order chi connectivity index (χ1) is 8.29. The summed E-state index contributed by atoms with van der Waals surface area (Å²) >= 11 is 0. The summed E-state index contributed by atoms with van der Waals surface area (Å²) in [5.74, 6) is 0.459. The average Bonchev–Trinajstić information content (AvgIpc) is 2.79. The van der Waals surface area contributed by atoms with Crippen LogP contribution >= 0.6 is 0 Å². The Morgan fingerprint density at radius 2 is 2.29 bits per heavy atom. The van der Waals surface area contributed by atoms with Gasteiger partial charge in [-0.2, -0.15) is 5.10 Å². The van der Waals surface area contributed by atoms with E-state index in [1.165, 1.54) is 11.1 Å². The highest BCUT2D eigenvalue weighted by Gasteiger charge is 2.31. The molecule has 0 saturated heterocycles. The normalized spacial score (nSPS) is 19.5. The van der Waals surface area contributed by atoms with Crippen LogP contribution in [0.5, 0.6) is 0 Å². The van der Waals surface area contributed by atoms with Crippen LogP contribution in [0.4, 0.5) is 0 Å². The van der Waals surface area contributed by atoms with E-state index in [9.17, 15) is 0 Å². The molecular weight excluding hydrogens is 210 g/mol. The van der Waals surface area contributed by atoms with Gasteiger partial charge in [0.1, 0.15) is 0 Å². The van der Waals surface area contributed by atoms with Crippen LogP contribution in [0.25, 0.3) is 0 Å². The minimum atomic E-state index is 0.0743. The van der Waals surface area contributed by atoms with Crippen molar-refractivity contribution in [1.82, 2.24) is 9.78 Å². The van der Waals surface area contributed by atoms with Crippen LogP contribution in [0.15, 0.2) is 36.7 Å². The van der Waals surface area contributed by atoms with Crippen molar-refractivity contribution in [3.8, 4) is 0 Å². The molecule has 0 amide bonds. The van der Waals surface area contributed by atoms with Crippen LogP contribution in [0.2, 0.25) is 0 Å². The molecule has 2 aromatic rings. The van der Waals surface area contributed by atoms with Gasteiger partial charge < -0.3 is 5.73 Å². The van der Waals surface area contributed by atoms with E-state index in [0.29, 0.717) is 5.92 Å². The molecule has 3 rings (SSSR count). The first kappa shape index (κ1) is 10.5. The van der Waals surface area contributed by atoms with Crippen molar-refractivity contribution in [1.29, 1.82) is 0 Å². The minimum absolute atomic E-state index is 0.0743. The number of fused-ring (bicyclic) bond motifs is 1. The number of hydrogen-bond acceptors (Lipinski definition) is 2. The highest BCUT2D eigenvalue weighted by Crippen LogP contribution is 2.41. The van der Waals surface area contributed by atoms with E-state index in [4.69, 9.17) is 5.73 Å². The molecular formula is C14H17N3. The largest absolute Gasteiger partial charge is 0.323 e. The summed E-state index contributed by atoms with van der Waals surface area (Å²) in [5, 5.41) is 4.29. The summed E-state index contributed by atoms with van der Waals surface area (Å²) in [5.41, 5.74) is 10.3. The maximum atomic E-state index is 6.33. The Hall–Kier alpha value is -1.61. The number of aromatic nitrogens is 2. The second kappa shape index (κ2) is 4.00. The Kier molecular flexibility index (Phi) is 2.48. The summed E-state index contributed by atoms with van der Waals surface area (Å²) in [6.07, 6.45) is 5.05. The molecule has 1 aliphatic rings. The van der Waals surface area contributed by atoms with E-state index in [1.54, 1.807) is 0 Å². The SMILES string of the molecule is CCn1cc(C(N)C2Cc3ccccc32)cn1. The van der Waals surface area contributed by atoms with Crippen LogP contribution in [-0.2, 0) is 13.0 Å². The van der Waals surface area contributed by atoms with Crippen molar-refractivity contribution in [2.24, 2.45) is 5.73 Å². The van der Waals surface area contributed by atoms with Crippen LogP contribution in [0.3, 0.4) is 0 Å². The topological polar surface area (TPSA) is 43.8 Å². The van der Waals surface area contributed by atoms with Crippen molar-refractivity contribution < 1.29 is 0 Å². The van der Waals surface area contributed by atoms with Gasteiger partial charge in [-0.05, 0) is 24.5 Å². The molecule has 17 heavy (non-hydrogen) atoms. The lowest BCUT2D eigenvalue weighted by molar-refractivity contribution is 0.499. The lowest BCUT2D eigenvalue weighted by atomic mass is 9.72. The zero-order valence-corrected chi connectivity index (χ0v) is 10.0. The van der Waals surface area contributed by atoms with Gasteiger partial charge in [-0.3, -0.25) is 4.68 Å². The second-order valence-corrected chi connectivity index (χ2v) is 4.66. The molecule has 3 nitrogen and oxygen atoms in total. The van der Waals surface area contributed by atoms with Gasteiger partial charge in [0.05, 0.1) is 6.20 Å². The minimum Gasteiger partial charge on any atom is -0.323 e. The Labute approximate surface area is 101 Å². The highest BCUT2D eigenvalue weighted by atomic mass is 15.3. The van der Waals surface area contributed by atoms with Crippen LogP contribution in [-0.4, -0.2) is 9.78 Å². The first-order valence-corrected chi connectivity index (χ1v) is 6.15. The molecule has 2 atom stereocenters. The molecule has 0 fully saturated rings. The predicted molar refractivity (Wildman–Crippen MR) is 67.7 cm³/mol. The molecule has 2 unspecified atom stereocenters. The fraction of sp³-hybridized carbons (Fsp3) is 0.357. The van der Waals surface area contributed by atoms with Crippen LogP contribution in [0, 0.1) is 0 Å². The third kappa shape index (κ3) is 1.67. The number of rotatable bonds is 3. The fourth-order valence-corrected chi connectivity index (χ4v) is 2.57. The number of nitrogens with two attached hydrogens (primary N) is 1. The van der Waals surface area contributed by atoms with Crippen molar-refractivity contribution in [2.45, 2.75) is 31.8 Å². The van der Waals surface area contributed by atoms with Crippen LogP contribution < -0.4 is 5.73 Å². The molecule has 0 saturated carbocycles. The highest BCUT2D eigenvalue weighted by molar-refractivity contribution is 5.42. The number of aryl methyl sites for hydroxylation is 1. The van der Waals surface area contributed by atoms with E-state index in [2.05, 4.69) is 42.5 Å². The maximum absolute atomic E-state index is 6.33. The van der Waals surface area contributed by atoms with Gasteiger partial charge in [0, 0.05) is 30.3 Å². The molecule has 1 aliphatic carbocycles. The number of benzene rings is 1. The van der Waals surface area contributed by atoms with E-state index >= 15 is 0 Å². The fourth-order valence-electron chi connectivity index (χ4n) is 2.57. The number of nitrogens with zero attached hydrogens (tertiary/aromatic N) is 2. The molecule has 1 aromatic carbocycles. The molecule has 0 aliphatic heterocycles. The van der Waals surface area contributed by atoms with E-state index < -0.39 is 0 Å². The van der Waals surface area contributed by atoms with E-state index in [0.717, 1.165) is 18.5 Å². The first-order valence-electron chi connectivity index (χ1n) is 6.15. The maximum Gasteiger partial charge on any atom is 0.0537 e. The van der Waals surface area contributed by atoms with Gasteiger partial charge in [0.15, 0.2) is 0 Å². The third-order valence-corrected chi connectivity index (χ3v) is 3.69. The van der Waals surface area contributed by atoms with Gasteiger partial charge in [-0.15, -0.1) is 0 Å². The van der Waals surface area contributed by atoms with E-state index in [-0.39, 0.29) is 6.04 Å². The molecule has 0 spiro atoms. The molecule has 0 radical (unpaired) electrons. The smallest absolute Gasteiger partial charge is 0.0537 e. The lowest BCUT2D eigenvalue weighted by Gasteiger charge is -2.34. The van der Waals surface area contributed by atoms with Crippen molar-refractivity contribution in [3.05, 3.63) is 53.3 Å². The average molecular weight is 227 g/mol. The molecule has 1 heterocycles. The second-order valence-electron chi connectivity index (χ2n) is 4.66. The van der Waals surface area contributed by atoms with Crippen LogP contribution in [0.1, 0.15) is 35.6 Å². The molecule has 1 aromatic heterocycles. The van der Waals surface area contributed by atoms with E-state index in [1.807, 2.05) is 10.9 Å². The number of hydrogen-bond donors (Lipinski definition) is 1. The van der Waals surface area contributed by atoms with Gasteiger partial charge in [-0.1, -0.05) is 24.3 Å². The molecule has 88 valence electrons. The quantitative estimate of drug-likeness (QED) is 0.874. The Morgan fingerprint density at radius 3 is 3.00 bits per heavy atom. The van der Waals surface area contributed by atoms with Gasteiger partial charge >= 0.3 is 0 Å². The molecule has 3 heteroatoms. The Bertz CT molecular complexity index is 530. The summed E-state index contributed by atoms with van der Waals surface area (Å²) in [6, 6.07) is 8.63.